The minimum absolute atomic E-state index is 1.07. The van der Waals surface area contributed by atoms with Gasteiger partial charge in [0.25, 0.3) is 0 Å². The largest absolute Gasteiger partial charge is 0.388 e. The summed E-state index contributed by atoms with van der Waals surface area (Å²) in [6.45, 7) is 2.11. The predicted octanol–water partition coefficient (Wildman–Crippen LogP) is 4.31. The van der Waals surface area contributed by atoms with E-state index in [2.05, 4.69) is 48.6 Å². The summed E-state index contributed by atoms with van der Waals surface area (Å²) in [5.74, 6) is 0. The van der Waals surface area contributed by atoms with Gasteiger partial charge >= 0.3 is 0 Å². The smallest absolute Gasteiger partial charge is 0.126 e. The molecule has 0 spiro atoms. The second kappa shape index (κ2) is 4.42. The highest BCUT2D eigenvalue weighted by Crippen LogP contribution is 2.34. The molecule has 0 aliphatic heterocycles. The Balaban J connectivity index is 2.22. The maximum atomic E-state index is 4.71. The van der Waals surface area contributed by atoms with Crippen LogP contribution in [0.5, 0.6) is 0 Å². The molecule has 3 aromatic rings. The first-order valence-electron chi connectivity index (χ1n) is 5.92. The van der Waals surface area contributed by atoms with Crippen molar-refractivity contribution in [3.05, 3.63) is 48.0 Å². The number of aromatic nitrogens is 1. The minimum Gasteiger partial charge on any atom is -0.388 e. The van der Waals surface area contributed by atoms with Crippen molar-refractivity contribution in [3.8, 4) is 10.6 Å². The minimum atomic E-state index is 1.07. The second-order valence-electron chi connectivity index (χ2n) is 4.29. The first-order valence-corrected chi connectivity index (χ1v) is 6.74. The number of hydrogen-bond donors (Lipinski definition) is 1. The van der Waals surface area contributed by atoms with E-state index in [0.717, 1.165) is 16.2 Å². The molecule has 0 amide bonds. The molecule has 2 aromatic carbocycles. The van der Waals surface area contributed by atoms with Gasteiger partial charge in [0.05, 0.1) is 10.2 Å². The van der Waals surface area contributed by atoms with E-state index in [1.807, 2.05) is 13.1 Å². The third-order valence-corrected chi connectivity index (χ3v) is 4.04. The number of nitrogens with zero attached hydrogens (tertiary/aromatic N) is 1. The number of para-hydroxylation sites is 1. The molecule has 0 aliphatic carbocycles. The van der Waals surface area contributed by atoms with Crippen LogP contribution in [-0.2, 0) is 0 Å². The average Bonchev–Trinajstić information content (AvgIpc) is 2.82. The fraction of sp³-hybridized carbons (Fsp3) is 0.133. The Bertz CT molecular complexity index is 668. The standard InChI is InChI=1S/C15H14N2S/c1-10-7-8-12(16-2)11(9-10)15-17-13-5-3-4-6-14(13)18-15/h3-9,16H,1-2H3. The fourth-order valence-corrected chi connectivity index (χ4v) is 3.04. The summed E-state index contributed by atoms with van der Waals surface area (Å²) >= 11 is 1.74. The van der Waals surface area contributed by atoms with E-state index in [1.54, 1.807) is 11.3 Å². The van der Waals surface area contributed by atoms with Gasteiger partial charge in [-0.15, -0.1) is 11.3 Å². The van der Waals surface area contributed by atoms with Crippen molar-refractivity contribution in [2.24, 2.45) is 0 Å². The molecular formula is C15H14N2S. The van der Waals surface area contributed by atoms with Gasteiger partial charge in [-0.3, -0.25) is 0 Å². The Morgan fingerprint density at radius 3 is 2.72 bits per heavy atom. The van der Waals surface area contributed by atoms with Crippen LogP contribution < -0.4 is 5.32 Å². The number of thiazole rings is 1. The van der Waals surface area contributed by atoms with Gasteiger partial charge in [0.15, 0.2) is 0 Å². The molecule has 0 radical (unpaired) electrons. The maximum Gasteiger partial charge on any atom is 0.126 e. The van der Waals surface area contributed by atoms with Gasteiger partial charge in [0.1, 0.15) is 5.01 Å². The van der Waals surface area contributed by atoms with E-state index in [4.69, 9.17) is 4.98 Å². The van der Waals surface area contributed by atoms with Crippen LogP contribution in [0.1, 0.15) is 5.56 Å². The maximum absolute atomic E-state index is 4.71. The van der Waals surface area contributed by atoms with E-state index in [-0.39, 0.29) is 0 Å². The van der Waals surface area contributed by atoms with E-state index in [1.165, 1.54) is 15.8 Å². The molecule has 1 N–H and O–H groups in total. The van der Waals surface area contributed by atoms with Crippen LogP contribution in [-0.4, -0.2) is 12.0 Å². The molecule has 0 saturated carbocycles. The van der Waals surface area contributed by atoms with Crippen LogP contribution in [0.4, 0.5) is 5.69 Å². The SMILES string of the molecule is CNc1ccc(C)cc1-c1nc2ccccc2s1. The van der Waals surface area contributed by atoms with Crippen molar-refractivity contribution in [1.82, 2.24) is 4.98 Å². The number of rotatable bonds is 2. The summed E-state index contributed by atoms with van der Waals surface area (Å²) in [5.41, 5.74) is 4.63. The molecular weight excluding hydrogens is 240 g/mol. The number of aryl methyl sites for hydroxylation is 1. The van der Waals surface area contributed by atoms with E-state index in [9.17, 15) is 0 Å². The molecule has 2 nitrogen and oxygen atoms in total. The lowest BCUT2D eigenvalue weighted by Gasteiger charge is -2.07. The van der Waals surface area contributed by atoms with E-state index >= 15 is 0 Å². The molecule has 0 aliphatic rings. The van der Waals surface area contributed by atoms with Crippen LogP contribution in [0.2, 0.25) is 0 Å². The predicted molar refractivity (Wildman–Crippen MR) is 79.3 cm³/mol. The quantitative estimate of drug-likeness (QED) is 0.737. The topological polar surface area (TPSA) is 24.9 Å². The molecule has 18 heavy (non-hydrogen) atoms. The molecule has 0 unspecified atom stereocenters. The van der Waals surface area contributed by atoms with Crippen molar-refractivity contribution in [3.63, 3.8) is 0 Å². The molecule has 0 bridgehead atoms. The highest BCUT2D eigenvalue weighted by Gasteiger charge is 2.09. The number of hydrogen-bond acceptors (Lipinski definition) is 3. The van der Waals surface area contributed by atoms with Crippen molar-refractivity contribution in [1.29, 1.82) is 0 Å². The monoisotopic (exact) mass is 254 g/mol. The molecule has 3 rings (SSSR count). The lowest BCUT2D eigenvalue weighted by molar-refractivity contribution is 1.41. The van der Waals surface area contributed by atoms with Gasteiger partial charge in [-0.25, -0.2) is 4.98 Å². The molecule has 3 heteroatoms. The Kier molecular flexibility index (Phi) is 2.76. The summed E-state index contributed by atoms with van der Waals surface area (Å²) in [5, 5.41) is 4.31. The Morgan fingerprint density at radius 2 is 1.94 bits per heavy atom. The van der Waals surface area contributed by atoms with Crippen molar-refractivity contribution in [2.75, 3.05) is 12.4 Å². The first kappa shape index (κ1) is 11.2. The molecule has 90 valence electrons. The Hall–Kier alpha value is -1.87. The molecule has 1 aromatic heterocycles. The summed E-state index contributed by atoms with van der Waals surface area (Å²) in [6.07, 6.45) is 0. The van der Waals surface area contributed by atoms with Crippen molar-refractivity contribution < 1.29 is 0 Å². The van der Waals surface area contributed by atoms with Crippen molar-refractivity contribution >= 4 is 27.2 Å². The summed E-state index contributed by atoms with van der Waals surface area (Å²) in [4.78, 5) is 4.71. The fourth-order valence-electron chi connectivity index (χ4n) is 2.04. The van der Waals surface area contributed by atoms with Crippen molar-refractivity contribution in [2.45, 2.75) is 6.92 Å². The van der Waals surface area contributed by atoms with Gasteiger partial charge in [-0.05, 0) is 31.2 Å². The van der Waals surface area contributed by atoms with Crippen LogP contribution in [0.25, 0.3) is 20.8 Å². The normalized spacial score (nSPS) is 10.8. The molecule has 1 heterocycles. The zero-order valence-corrected chi connectivity index (χ0v) is 11.2. The van der Waals surface area contributed by atoms with Gasteiger partial charge in [-0.2, -0.15) is 0 Å². The van der Waals surface area contributed by atoms with Gasteiger partial charge in [0, 0.05) is 18.3 Å². The van der Waals surface area contributed by atoms with Crippen LogP contribution >= 0.6 is 11.3 Å². The Labute approximate surface area is 110 Å². The number of anilines is 1. The first-order chi connectivity index (χ1) is 8.78. The number of nitrogens with one attached hydrogen (secondary N) is 1. The van der Waals surface area contributed by atoms with E-state index in [0.29, 0.717) is 0 Å². The molecule has 0 saturated heterocycles. The average molecular weight is 254 g/mol. The van der Waals surface area contributed by atoms with Crippen LogP contribution in [0.3, 0.4) is 0 Å². The lowest BCUT2D eigenvalue weighted by Crippen LogP contribution is -1.92. The zero-order chi connectivity index (χ0) is 12.5. The molecule has 0 atom stereocenters. The van der Waals surface area contributed by atoms with E-state index < -0.39 is 0 Å². The zero-order valence-electron chi connectivity index (χ0n) is 10.4. The third-order valence-electron chi connectivity index (χ3n) is 2.97. The van der Waals surface area contributed by atoms with Gasteiger partial charge in [-0.1, -0.05) is 23.8 Å². The lowest BCUT2D eigenvalue weighted by atomic mass is 10.1. The highest BCUT2D eigenvalue weighted by atomic mass is 32.1. The summed E-state index contributed by atoms with van der Waals surface area (Å²) in [6, 6.07) is 14.7. The highest BCUT2D eigenvalue weighted by molar-refractivity contribution is 7.21. The van der Waals surface area contributed by atoms with Crippen LogP contribution in [0.15, 0.2) is 42.5 Å². The number of fused-ring (bicyclic) bond motifs is 1. The Morgan fingerprint density at radius 1 is 1.11 bits per heavy atom. The van der Waals surface area contributed by atoms with Gasteiger partial charge in [0.2, 0.25) is 0 Å². The van der Waals surface area contributed by atoms with Gasteiger partial charge < -0.3 is 5.32 Å². The summed E-state index contributed by atoms with van der Waals surface area (Å²) < 4.78 is 1.23. The molecule has 0 fully saturated rings. The third kappa shape index (κ3) is 1.87. The van der Waals surface area contributed by atoms with Crippen LogP contribution in [0, 0.1) is 6.92 Å². The second-order valence-corrected chi connectivity index (χ2v) is 5.32. The number of benzene rings is 2. The summed E-state index contributed by atoms with van der Waals surface area (Å²) in [7, 11) is 1.95.